The van der Waals surface area contributed by atoms with Crippen molar-refractivity contribution in [2.75, 3.05) is 6.54 Å². The van der Waals surface area contributed by atoms with Crippen LogP contribution in [-0.2, 0) is 4.79 Å². The predicted octanol–water partition coefficient (Wildman–Crippen LogP) is 2.27. The zero-order valence-electron chi connectivity index (χ0n) is 12.3. The Morgan fingerprint density at radius 2 is 2.16 bits per heavy atom. The van der Waals surface area contributed by atoms with Gasteiger partial charge in [-0.3, -0.25) is 9.78 Å². The number of amides is 1. The van der Waals surface area contributed by atoms with Crippen LogP contribution in [0.25, 0.3) is 0 Å². The topological polar surface area (TPSA) is 68.0 Å². The molecule has 1 amide bonds. The zero-order chi connectivity index (χ0) is 14.5. The molecule has 1 aromatic rings. The molecule has 2 atom stereocenters. The van der Waals surface area contributed by atoms with E-state index in [2.05, 4.69) is 31.1 Å². The molecule has 0 aliphatic carbocycles. The third-order valence-corrected chi connectivity index (χ3v) is 3.06. The minimum Gasteiger partial charge on any atom is -0.349 e. The van der Waals surface area contributed by atoms with Gasteiger partial charge in [0.2, 0.25) is 5.91 Å². The molecule has 0 radical (unpaired) electrons. The number of rotatable bonds is 5. The molecular weight excluding hydrogens is 238 g/mol. The van der Waals surface area contributed by atoms with Gasteiger partial charge in [-0.25, -0.2) is 0 Å². The van der Waals surface area contributed by atoms with Crippen LogP contribution in [0.4, 0.5) is 0 Å². The monoisotopic (exact) mass is 263 g/mol. The number of aromatic nitrogens is 1. The maximum Gasteiger partial charge on any atom is 0.224 e. The van der Waals surface area contributed by atoms with Crippen molar-refractivity contribution in [3.63, 3.8) is 0 Å². The van der Waals surface area contributed by atoms with Crippen LogP contribution in [0.1, 0.15) is 45.7 Å². The van der Waals surface area contributed by atoms with Crippen LogP contribution in [0.5, 0.6) is 0 Å². The summed E-state index contributed by atoms with van der Waals surface area (Å²) in [6, 6.07) is 3.78. The largest absolute Gasteiger partial charge is 0.349 e. The molecule has 1 aromatic heterocycles. The van der Waals surface area contributed by atoms with Crippen molar-refractivity contribution < 1.29 is 4.79 Å². The van der Waals surface area contributed by atoms with Crippen molar-refractivity contribution in [1.29, 1.82) is 0 Å². The summed E-state index contributed by atoms with van der Waals surface area (Å²) >= 11 is 0. The smallest absolute Gasteiger partial charge is 0.224 e. The molecule has 106 valence electrons. The third kappa shape index (κ3) is 5.39. The Morgan fingerprint density at radius 1 is 1.47 bits per heavy atom. The molecule has 1 rings (SSSR count). The van der Waals surface area contributed by atoms with E-state index >= 15 is 0 Å². The van der Waals surface area contributed by atoms with Gasteiger partial charge in [0.05, 0.1) is 12.0 Å². The second-order valence-electron chi connectivity index (χ2n) is 6.21. The second-order valence-corrected chi connectivity index (χ2v) is 6.21. The van der Waals surface area contributed by atoms with Crippen LogP contribution < -0.4 is 11.1 Å². The summed E-state index contributed by atoms with van der Waals surface area (Å²) < 4.78 is 0. The highest BCUT2D eigenvalue weighted by Crippen LogP contribution is 2.24. The fraction of sp³-hybridized carbons (Fsp3) is 0.600. The molecule has 2 unspecified atom stereocenters. The van der Waals surface area contributed by atoms with E-state index < -0.39 is 0 Å². The molecule has 4 heteroatoms. The van der Waals surface area contributed by atoms with Crippen molar-refractivity contribution in [3.05, 3.63) is 30.1 Å². The molecule has 0 bridgehead atoms. The van der Waals surface area contributed by atoms with E-state index in [1.54, 1.807) is 12.4 Å². The molecule has 19 heavy (non-hydrogen) atoms. The summed E-state index contributed by atoms with van der Waals surface area (Å²) in [5.41, 5.74) is 6.82. The lowest BCUT2D eigenvalue weighted by Crippen LogP contribution is -2.38. The maximum atomic E-state index is 12.2. The molecule has 0 aliphatic heterocycles. The Hall–Kier alpha value is -1.42. The summed E-state index contributed by atoms with van der Waals surface area (Å²) in [7, 11) is 0. The van der Waals surface area contributed by atoms with Gasteiger partial charge in [-0.05, 0) is 30.4 Å². The zero-order valence-corrected chi connectivity index (χ0v) is 12.3. The number of pyridine rings is 1. The first-order valence-corrected chi connectivity index (χ1v) is 6.74. The first-order valence-electron chi connectivity index (χ1n) is 6.74. The van der Waals surface area contributed by atoms with Crippen molar-refractivity contribution in [2.24, 2.45) is 17.1 Å². The first kappa shape index (κ1) is 15.6. The predicted molar refractivity (Wildman–Crippen MR) is 77.4 cm³/mol. The highest BCUT2D eigenvalue weighted by atomic mass is 16.1. The molecule has 4 nitrogen and oxygen atoms in total. The normalized spacial score (nSPS) is 14.8. The van der Waals surface area contributed by atoms with Crippen LogP contribution in [0.3, 0.4) is 0 Å². The van der Waals surface area contributed by atoms with E-state index in [9.17, 15) is 4.79 Å². The van der Waals surface area contributed by atoms with Crippen LogP contribution in [0, 0.1) is 11.3 Å². The van der Waals surface area contributed by atoms with Gasteiger partial charge < -0.3 is 11.1 Å². The van der Waals surface area contributed by atoms with Gasteiger partial charge in [0, 0.05) is 18.9 Å². The van der Waals surface area contributed by atoms with E-state index in [0.29, 0.717) is 6.54 Å². The highest BCUT2D eigenvalue weighted by Gasteiger charge is 2.24. The fourth-order valence-electron chi connectivity index (χ4n) is 2.07. The minimum absolute atomic E-state index is 0.0220. The van der Waals surface area contributed by atoms with Gasteiger partial charge in [0.1, 0.15) is 0 Å². The number of hydrogen-bond acceptors (Lipinski definition) is 3. The van der Waals surface area contributed by atoms with E-state index in [4.69, 9.17) is 5.73 Å². The van der Waals surface area contributed by atoms with Gasteiger partial charge in [0.15, 0.2) is 0 Å². The molecular formula is C15H25N3O. The van der Waals surface area contributed by atoms with Gasteiger partial charge in [-0.15, -0.1) is 0 Å². The quantitative estimate of drug-likeness (QED) is 0.856. The Labute approximate surface area is 115 Å². The van der Waals surface area contributed by atoms with E-state index in [1.807, 2.05) is 19.1 Å². The van der Waals surface area contributed by atoms with E-state index in [-0.39, 0.29) is 23.3 Å². The Balaban J connectivity index is 2.62. The minimum atomic E-state index is -0.140. The van der Waals surface area contributed by atoms with Crippen LogP contribution in [-0.4, -0.2) is 17.4 Å². The average Bonchev–Trinajstić information content (AvgIpc) is 2.35. The van der Waals surface area contributed by atoms with E-state index in [0.717, 1.165) is 12.0 Å². The number of hydrogen-bond donors (Lipinski definition) is 2. The lowest BCUT2D eigenvalue weighted by Gasteiger charge is -2.25. The van der Waals surface area contributed by atoms with Crippen LogP contribution in [0.15, 0.2) is 24.5 Å². The van der Waals surface area contributed by atoms with Crippen molar-refractivity contribution >= 4 is 5.91 Å². The van der Waals surface area contributed by atoms with Gasteiger partial charge in [0.25, 0.3) is 0 Å². The van der Waals surface area contributed by atoms with Crippen LogP contribution >= 0.6 is 0 Å². The summed E-state index contributed by atoms with van der Waals surface area (Å²) in [5.74, 6) is -0.118. The summed E-state index contributed by atoms with van der Waals surface area (Å²) in [6.45, 7) is 8.69. The van der Waals surface area contributed by atoms with Crippen LogP contribution in [0.2, 0.25) is 0 Å². The molecule has 3 N–H and O–H groups in total. The van der Waals surface area contributed by atoms with E-state index in [1.165, 1.54) is 0 Å². The molecule has 0 saturated heterocycles. The van der Waals surface area contributed by atoms with Gasteiger partial charge >= 0.3 is 0 Å². The standard InChI is InChI=1S/C15H25N3O/c1-11(12-6-5-7-17-10-12)18-14(19)13(9-16)8-15(2,3)4/h5-7,10-11,13H,8-9,16H2,1-4H3,(H,18,19). The lowest BCUT2D eigenvalue weighted by molar-refractivity contribution is -0.126. The van der Waals surface area contributed by atoms with Gasteiger partial charge in [-0.2, -0.15) is 0 Å². The molecule has 0 aromatic carbocycles. The summed E-state index contributed by atoms with van der Waals surface area (Å²) in [5, 5.41) is 3.01. The Bertz CT molecular complexity index is 398. The number of nitrogens with zero attached hydrogens (tertiary/aromatic N) is 1. The van der Waals surface area contributed by atoms with Crippen molar-refractivity contribution in [2.45, 2.75) is 40.2 Å². The second kappa shape index (κ2) is 6.66. The summed E-state index contributed by atoms with van der Waals surface area (Å²) in [6.07, 6.45) is 4.28. The molecule has 1 heterocycles. The Kier molecular flexibility index (Phi) is 5.48. The fourth-order valence-corrected chi connectivity index (χ4v) is 2.07. The number of nitrogens with one attached hydrogen (secondary N) is 1. The SMILES string of the molecule is CC(NC(=O)C(CN)CC(C)(C)C)c1cccnc1. The number of nitrogens with two attached hydrogens (primary N) is 1. The number of carbonyl (C=O) groups excluding carboxylic acids is 1. The molecule has 0 fully saturated rings. The highest BCUT2D eigenvalue weighted by molar-refractivity contribution is 5.79. The molecule has 0 saturated carbocycles. The summed E-state index contributed by atoms with van der Waals surface area (Å²) in [4.78, 5) is 16.3. The van der Waals surface area contributed by atoms with Crippen molar-refractivity contribution in [3.8, 4) is 0 Å². The maximum absolute atomic E-state index is 12.2. The third-order valence-electron chi connectivity index (χ3n) is 3.06. The molecule has 0 spiro atoms. The van der Waals surface area contributed by atoms with Gasteiger partial charge in [-0.1, -0.05) is 26.8 Å². The molecule has 0 aliphatic rings. The Morgan fingerprint density at radius 3 is 2.63 bits per heavy atom. The number of carbonyl (C=O) groups is 1. The van der Waals surface area contributed by atoms with Crippen molar-refractivity contribution in [1.82, 2.24) is 10.3 Å². The average molecular weight is 263 g/mol. The lowest BCUT2D eigenvalue weighted by atomic mass is 9.84. The first-order chi connectivity index (χ1) is 8.83.